The van der Waals surface area contributed by atoms with Crippen LogP contribution in [0.5, 0.6) is 0 Å². The van der Waals surface area contributed by atoms with Crippen molar-refractivity contribution in [2.75, 3.05) is 0 Å². The van der Waals surface area contributed by atoms with Crippen LogP contribution in [0, 0.1) is 0 Å². The Morgan fingerprint density at radius 3 is 1.20 bits per heavy atom. The fraction of sp³-hybridized carbons (Fsp3) is 0. The zero-order valence-electron chi connectivity index (χ0n) is 3.38. The first-order chi connectivity index (χ1) is 1.73. The van der Waals surface area contributed by atoms with Gasteiger partial charge in [0.15, 0.2) is 0 Å². The Morgan fingerprint density at radius 1 is 1.20 bits per heavy atom. The second-order valence-corrected chi connectivity index (χ2v) is 0.671. The molecule has 0 aromatic carbocycles. The Morgan fingerprint density at radius 2 is 1.20 bits per heavy atom. The molecule has 0 aliphatic heterocycles. The van der Waals surface area contributed by atoms with Crippen LogP contribution < -0.4 is 14.7 Å². The van der Waals surface area contributed by atoms with Gasteiger partial charge in [0.25, 0.3) is 0 Å². The molecule has 0 radical (unpaired) electrons. The van der Waals surface area contributed by atoms with Crippen LogP contribution in [0.25, 0.3) is 0 Å². The van der Waals surface area contributed by atoms with Crippen LogP contribution in [0.3, 0.4) is 0 Å². The molecule has 0 fully saturated rings. The molecule has 0 saturated heterocycles. The molecule has 0 heterocycles. The quantitative estimate of drug-likeness (QED) is 0.243. The molecule has 0 saturated carbocycles. The first-order valence-electron chi connectivity index (χ1n) is 0.548. The summed E-state index contributed by atoms with van der Waals surface area (Å²) < 4.78 is 0. The normalized spacial score (nSPS) is 7.20. The molecule has 0 spiro atoms. The molecule has 0 rings (SSSR count). The van der Waals surface area contributed by atoms with Gasteiger partial charge in [-0.05, 0) is 0 Å². The predicted molar refractivity (Wildman–Crippen MR) is 13.8 cm³/mol. The maximum atomic E-state index is 8.48. The van der Waals surface area contributed by atoms with Gasteiger partial charge in [-0.1, -0.05) is 0 Å². The van der Waals surface area contributed by atoms with Crippen LogP contribution in [-0.2, 0) is 0 Å². The first-order valence-corrected chi connectivity index (χ1v) is 1.64. The van der Waals surface area contributed by atoms with E-state index >= 15 is 0 Å². The molecule has 0 aromatic heterocycles. The van der Waals surface area contributed by atoms with Gasteiger partial charge in [-0.3, -0.25) is 0 Å². The van der Waals surface area contributed by atoms with Crippen molar-refractivity contribution in [3.05, 3.63) is 0 Å². The Balaban J connectivity index is -0.0000000450. The molecule has 0 N–H and O–H groups in total. The van der Waals surface area contributed by atoms with E-state index < -0.39 is 8.60 Å². The van der Waals surface area contributed by atoms with Gasteiger partial charge in [-0.2, -0.15) is 0 Å². The van der Waals surface area contributed by atoms with Crippen LogP contribution in [0.2, 0.25) is 0 Å². The standard InChI is InChI=1S/Mg.O3P/c;1-4(2)3/q+2;-3/p+1. The fourth-order valence-corrected chi connectivity index (χ4v) is 0. The summed E-state index contributed by atoms with van der Waals surface area (Å²) in [5.41, 5.74) is 0. The molecule has 0 unspecified atom stereocenters. The molecule has 0 aromatic rings. The molecule has 0 atom stereocenters. The van der Waals surface area contributed by atoms with E-state index in [1.165, 1.54) is 0 Å². The van der Waals surface area contributed by atoms with Crippen molar-refractivity contribution in [3.8, 4) is 0 Å². The summed E-state index contributed by atoms with van der Waals surface area (Å²) in [4.78, 5) is 25.4. The third kappa shape index (κ3) is 41.5. The van der Waals surface area contributed by atoms with Crippen LogP contribution in [0.1, 0.15) is 1.43 Å². The summed E-state index contributed by atoms with van der Waals surface area (Å²) in [5, 5.41) is 0. The van der Waals surface area contributed by atoms with Crippen molar-refractivity contribution < 1.29 is 16.1 Å². The SMILES string of the molecule is [H+].[Mg+2].[O-]P([O-])[O-]. The molecule has 0 aliphatic carbocycles. The van der Waals surface area contributed by atoms with E-state index in [0.717, 1.165) is 0 Å². The summed E-state index contributed by atoms with van der Waals surface area (Å²) in [7, 11) is -3.37. The Labute approximate surface area is 48.3 Å². The van der Waals surface area contributed by atoms with E-state index in [1.807, 2.05) is 0 Å². The minimum atomic E-state index is -3.37. The average Bonchev–Trinajstić information content (AvgIpc) is 0.811. The Kier molecular flexibility index (Phi) is 9.57. The first kappa shape index (κ1) is 9.42. The number of rotatable bonds is 0. The zero-order chi connectivity index (χ0) is 3.58. The van der Waals surface area contributed by atoms with Crippen molar-refractivity contribution >= 4 is 31.7 Å². The molecular formula is HMgO3P. The maximum Gasteiger partial charge on any atom is 2.00 e. The number of hydrogen-bond acceptors (Lipinski definition) is 3. The molecule has 0 amide bonds. The zero-order valence-corrected chi connectivity index (χ0v) is 4.69. The second-order valence-electron chi connectivity index (χ2n) is 0.224. The average molecular weight is 104 g/mol. The fourth-order valence-electron chi connectivity index (χ4n) is 0. The minimum Gasteiger partial charge on any atom is -0.854 e. The summed E-state index contributed by atoms with van der Waals surface area (Å²) in [6, 6.07) is 0. The molecule has 0 bridgehead atoms. The van der Waals surface area contributed by atoms with E-state index in [1.54, 1.807) is 0 Å². The van der Waals surface area contributed by atoms with E-state index in [9.17, 15) is 0 Å². The van der Waals surface area contributed by atoms with Gasteiger partial charge in [0.2, 0.25) is 0 Å². The molecule has 0 aliphatic rings. The third-order valence-electron chi connectivity index (χ3n) is 0. The molecule has 3 nitrogen and oxygen atoms in total. The van der Waals surface area contributed by atoms with Gasteiger partial charge in [0.1, 0.15) is 0 Å². The van der Waals surface area contributed by atoms with Crippen molar-refractivity contribution in [3.63, 3.8) is 0 Å². The van der Waals surface area contributed by atoms with Crippen LogP contribution in [0.4, 0.5) is 0 Å². The minimum absolute atomic E-state index is 0. The predicted octanol–water partition coefficient (Wildman–Crippen LogP) is -2.97. The molecular weight excluding hydrogens is 103 g/mol. The van der Waals surface area contributed by atoms with E-state index in [0.29, 0.717) is 0 Å². The van der Waals surface area contributed by atoms with Crippen LogP contribution in [-0.4, -0.2) is 23.1 Å². The summed E-state index contributed by atoms with van der Waals surface area (Å²) in [5.74, 6) is 0. The van der Waals surface area contributed by atoms with Gasteiger partial charge in [0.05, 0.1) is 0 Å². The molecule has 26 valence electrons. The van der Waals surface area contributed by atoms with Crippen molar-refractivity contribution in [1.82, 2.24) is 0 Å². The van der Waals surface area contributed by atoms with Gasteiger partial charge >= 0.3 is 24.5 Å². The van der Waals surface area contributed by atoms with E-state index in [2.05, 4.69) is 0 Å². The van der Waals surface area contributed by atoms with Crippen LogP contribution in [0.15, 0.2) is 0 Å². The van der Waals surface area contributed by atoms with E-state index in [4.69, 9.17) is 14.7 Å². The second kappa shape index (κ2) is 5.08. The van der Waals surface area contributed by atoms with E-state index in [-0.39, 0.29) is 24.5 Å². The van der Waals surface area contributed by atoms with Crippen molar-refractivity contribution in [2.24, 2.45) is 0 Å². The smallest absolute Gasteiger partial charge is 0.854 e. The molecule has 5 heteroatoms. The van der Waals surface area contributed by atoms with Gasteiger partial charge in [-0.15, -0.1) is 0 Å². The molecule has 5 heavy (non-hydrogen) atoms. The topological polar surface area (TPSA) is 69.2 Å². The van der Waals surface area contributed by atoms with Crippen molar-refractivity contribution in [1.29, 1.82) is 0 Å². The van der Waals surface area contributed by atoms with Gasteiger partial charge in [0, 0.05) is 0 Å². The summed E-state index contributed by atoms with van der Waals surface area (Å²) >= 11 is 0. The third-order valence-corrected chi connectivity index (χ3v) is 0. The Hall–Kier alpha value is 1.08. The summed E-state index contributed by atoms with van der Waals surface area (Å²) in [6.07, 6.45) is 0. The largest absolute Gasteiger partial charge is 2.00 e. The van der Waals surface area contributed by atoms with Crippen molar-refractivity contribution in [2.45, 2.75) is 0 Å². The maximum absolute atomic E-state index is 8.48. The van der Waals surface area contributed by atoms with Crippen LogP contribution >= 0.6 is 8.60 Å². The van der Waals surface area contributed by atoms with Gasteiger partial charge < -0.3 is 23.3 Å². The monoisotopic (exact) mass is 104 g/mol. The van der Waals surface area contributed by atoms with Gasteiger partial charge in [-0.25, -0.2) is 0 Å². The number of hydrogen-bond donors (Lipinski definition) is 0. The Bertz CT molecular complexity index is 15.5. The summed E-state index contributed by atoms with van der Waals surface area (Å²) in [6.45, 7) is 0.